The summed E-state index contributed by atoms with van der Waals surface area (Å²) in [4.78, 5) is 27.1. The lowest BCUT2D eigenvalue weighted by atomic mass is 10.1. The second-order valence-corrected chi connectivity index (χ2v) is 6.99. The number of amides is 1. The van der Waals surface area contributed by atoms with E-state index in [9.17, 15) is 22.9 Å². The van der Waals surface area contributed by atoms with Crippen molar-refractivity contribution in [1.29, 1.82) is 0 Å². The smallest absolute Gasteiger partial charge is 0.416 e. The van der Waals surface area contributed by atoms with Crippen molar-refractivity contribution in [3.05, 3.63) is 70.8 Å². The van der Waals surface area contributed by atoms with E-state index in [1.807, 2.05) is 0 Å². The van der Waals surface area contributed by atoms with Gasteiger partial charge in [-0.1, -0.05) is 23.5 Å². The van der Waals surface area contributed by atoms with E-state index in [1.165, 1.54) is 24.3 Å². The van der Waals surface area contributed by atoms with E-state index in [0.717, 1.165) is 23.5 Å². The summed E-state index contributed by atoms with van der Waals surface area (Å²) in [5, 5.41) is 5.51. The number of benzene rings is 2. The first-order chi connectivity index (χ1) is 13.8. The maximum Gasteiger partial charge on any atom is 0.416 e. The van der Waals surface area contributed by atoms with Crippen molar-refractivity contribution >= 4 is 38.3 Å². The number of carbonyl (C=O) groups excluding carboxylic acids is 1. The van der Waals surface area contributed by atoms with Crippen LogP contribution in [0, 0.1) is 4.91 Å². The Morgan fingerprint density at radius 2 is 1.93 bits per heavy atom. The quantitative estimate of drug-likeness (QED) is 0.399. The van der Waals surface area contributed by atoms with Crippen LogP contribution in [0.2, 0.25) is 0 Å². The van der Waals surface area contributed by atoms with E-state index in [1.54, 1.807) is 18.2 Å². The second-order valence-electron chi connectivity index (χ2n) is 5.96. The van der Waals surface area contributed by atoms with Gasteiger partial charge in [0, 0.05) is 5.56 Å². The number of nitrogens with zero attached hydrogens (tertiary/aromatic N) is 2. The Morgan fingerprint density at radius 3 is 2.69 bits per heavy atom. The number of nitroso groups, excluding NO2 is 1. The molecule has 0 fully saturated rings. The van der Waals surface area contributed by atoms with Gasteiger partial charge in [-0.05, 0) is 47.6 Å². The van der Waals surface area contributed by atoms with Gasteiger partial charge in [0.25, 0.3) is 5.91 Å². The number of furan rings is 1. The lowest BCUT2D eigenvalue weighted by Crippen LogP contribution is -2.10. The minimum Gasteiger partial charge on any atom is -0.451 e. The molecule has 0 saturated carbocycles. The zero-order valence-corrected chi connectivity index (χ0v) is 15.2. The summed E-state index contributed by atoms with van der Waals surface area (Å²) in [6.07, 6.45) is -4.47. The highest BCUT2D eigenvalue weighted by molar-refractivity contribution is 7.22. The fourth-order valence-corrected chi connectivity index (χ4v) is 3.49. The number of thiazole rings is 1. The van der Waals surface area contributed by atoms with Gasteiger partial charge < -0.3 is 4.42 Å². The maximum atomic E-state index is 12.8. The first kappa shape index (κ1) is 18.8. The van der Waals surface area contributed by atoms with Crippen LogP contribution in [0.4, 0.5) is 24.0 Å². The second kappa shape index (κ2) is 7.13. The third-order valence-corrected chi connectivity index (χ3v) is 4.95. The molecule has 0 atom stereocenters. The van der Waals surface area contributed by atoms with E-state index in [2.05, 4.69) is 15.5 Å². The highest BCUT2D eigenvalue weighted by Crippen LogP contribution is 2.34. The van der Waals surface area contributed by atoms with Crippen LogP contribution < -0.4 is 5.32 Å². The predicted octanol–water partition coefficient (Wildman–Crippen LogP) is 6.23. The van der Waals surface area contributed by atoms with Crippen LogP contribution in [0.15, 0.2) is 64.2 Å². The molecule has 2 aromatic heterocycles. The number of hydrogen-bond donors (Lipinski definition) is 1. The van der Waals surface area contributed by atoms with E-state index in [4.69, 9.17) is 4.42 Å². The van der Waals surface area contributed by atoms with Crippen LogP contribution in [-0.2, 0) is 6.18 Å². The summed E-state index contributed by atoms with van der Waals surface area (Å²) < 4.78 is 44.5. The molecule has 2 heterocycles. The van der Waals surface area contributed by atoms with Crippen LogP contribution in [0.25, 0.3) is 21.5 Å². The summed E-state index contributed by atoms with van der Waals surface area (Å²) in [6.45, 7) is 0. The first-order valence-corrected chi connectivity index (χ1v) is 8.98. The van der Waals surface area contributed by atoms with Gasteiger partial charge in [0.05, 0.1) is 15.8 Å². The molecule has 2 aromatic carbocycles. The monoisotopic (exact) mass is 417 g/mol. The van der Waals surface area contributed by atoms with E-state index >= 15 is 0 Å². The lowest BCUT2D eigenvalue weighted by Gasteiger charge is -2.04. The van der Waals surface area contributed by atoms with Gasteiger partial charge in [-0.15, -0.1) is 4.91 Å². The van der Waals surface area contributed by atoms with Crippen molar-refractivity contribution in [3.63, 3.8) is 0 Å². The first-order valence-electron chi connectivity index (χ1n) is 8.16. The van der Waals surface area contributed by atoms with Gasteiger partial charge in [-0.2, -0.15) is 13.2 Å². The van der Waals surface area contributed by atoms with Gasteiger partial charge >= 0.3 is 6.18 Å². The van der Waals surface area contributed by atoms with Gasteiger partial charge in [0.2, 0.25) is 0 Å². The lowest BCUT2D eigenvalue weighted by molar-refractivity contribution is -0.137. The molecule has 6 nitrogen and oxygen atoms in total. The Morgan fingerprint density at radius 1 is 1.10 bits per heavy atom. The molecule has 10 heteroatoms. The minimum absolute atomic E-state index is 0.0142. The van der Waals surface area contributed by atoms with E-state index in [0.29, 0.717) is 16.0 Å². The Balaban J connectivity index is 1.55. The molecule has 0 unspecified atom stereocenters. The topological polar surface area (TPSA) is 84.6 Å². The fourth-order valence-electron chi connectivity index (χ4n) is 2.65. The molecule has 4 rings (SSSR count). The molecule has 0 radical (unpaired) electrons. The van der Waals surface area contributed by atoms with Crippen LogP contribution in [0.1, 0.15) is 16.1 Å². The van der Waals surface area contributed by atoms with Gasteiger partial charge in [-0.25, -0.2) is 4.98 Å². The molecule has 146 valence electrons. The Kier molecular flexibility index (Phi) is 4.63. The van der Waals surface area contributed by atoms with Crippen molar-refractivity contribution in [3.8, 4) is 11.3 Å². The normalized spacial score (nSPS) is 11.6. The van der Waals surface area contributed by atoms with Crippen molar-refractivity contribution in [2.45, 2.75) is 6.18 Å². The molecule has 0 aliphatic carbocycles. The van der Waals surface area contributed by atoms with Crippen molar-refractivity contribution in [2.24, 2.45) is 5.18 Å². The van der Waals surface area contributed by atoms with Crippen molar-refractivity contribution in [1.82, 2.24) is 4.98 Å². The highest BCUT2D eigenvalue weighted by Gasteiger charge is 2.30. The number of anilines is 1. The zero-order chi connectivity index (χ0) is 20.6. The molecule has 0 aliphatic heterocycles. The number of alkyl halides is 3. The minimum atomic E-state index is -4.47. The largest absolute Gasteiger partial charge is 0.451 e. The highest BCUT2D eigenvalue weighted by atomic mass is 32.1. The Labute approximate surface area is 165 Å². The van der Waals surface area contributed by atoms with Crippen LogP contribution in [-0.4, -0.2) is 10.9 Å². The van der Waals surface area contributed by atoms with Crippen molar-refractivity contribution in [2.75, 3.05) is 5.32 Å². The molecule has 1 N–H and O–H groups in total. The number of halogens is 3. The third kappa shape index (κ3) is 3.87. The molecule has 0 aliphatic rings. The number of rotatable bonds is 4. The maximum absolute atomic E-state index is 12.8. The van der Waals surface area contributed by atoms with Gasteiger partial charge in [-0.3, -0.25) is 10.1 Å². The third-order valence-electron chi connectivity index (χ3n) is 4.00. The standard InChI is InChI=1S/C19H10F3N3O3S/c20-19(21,22)11-4-7-16-13(9-11)23-18(29-16)24-17(26)15-6-5-14(28-15)10-2-1-3-12(8-10)25-27/h1-9H,(H,23,24,26). The van der Waals surface area contributed by atoms with Crippen LogP contribution >= 0.6 is 11.3 Å². The predicted molar refractivity (Wildman–Crippen MR) is 102 cm³/mol. The zero-order valence-electron chi connectivity index (χ0n) is 14.4. The Hall–Kier alpha value is -3.53. The summed E-state index contributed by atoms with van der Waals surface area (Å²) >= 11 is 1.05. The molecule has 1 amide bonds. The number of carbonyl (C=O) groups is 1. The van der Waals surface area contributed by atoms with Crippen LogP contribution in [0.3, 0.4) is 0 Å². The molecule has 4 aromatic rings. The average Bonchev–Trinajstić information content (AvgIpc) is 3.33. The van der Waals surface area contributed by atoms with E-state index in [-0.39, 0.29) is 22.1 Å². The summed E-state index contributed by atoms with van der Waals surface area (Å²) in [5.74, 6) is -0.254. The number of fused-ring (bicyclic) bond motifs is 1. The molecular weight excluding hydrogens is 407 g/mol. The van der Waals surface area contributed by atoms with E-state index < -0.39 is 17.6 Å². The number of aromatic nitrogens is 1. The summed E-state index contributed by atoms with van der Waals surface area (Å²) in [7, 11) is 0. The molecule has 0 saturated heterocycles. The molecule has 0 spiro atoms. The summed E-state index contributed by atoms with van der Waals surface area (Å²) in [5.41, 5.74) is 0.118. The van der Waals surface area contributed by atoms with Crippen molar-refractivity contribution < 1.29 is 22.4 Å². The fraction of sp³-hybridized carbons (Fsp3) is 0.0526. The number of nitrogens with one attached hydrogen (secondary N) is 1. The van der Waals surface area contributed by atoms with Gasteiger partial charge in [0.1, 0.15) is 11.4 Å². The van der Waals surface area contributed by atoms with Crippen LogP contribution in [0.5, 0.6) is 0 Å². The Bertz CT molecular complexity index is 1230. The SMILES string of the molecule is O=Nc1cccc(-c2ccc(C(=O)Nc3nc4cc(C(F)(F)F)ccc4s3)o2)c1. The summed E-state index contributed by atoms with van der Waals surface area (Å²) in [6, 6.07) is 12.6. The average molecular weight is 417 g/mol. The molecule has 29 heavy (non-hydrogen) atoms. The molecular formula is C19H10F3N3O3S. The molecule has 0 bridgehead atoms. The van der Waals surface area contributed by atoms with Gasteiger partial charge in [0.15, 0.2) is 10.9 Å². The number of hydrogen-bond acceptors (Lipinski definition) is 6.